The summed E-state index contributed by atoms with van der Waals surface area (Å²) >= 11 is 6.87. The Bertz CT molecular complexity index is 435. The van der Waals surface area contributed by atoms with Gasteiger partial charge < -0.3 is 10.6 Å². The highest BCUT2D eigenvalue weighted by molar-refractivity contribution is 8.23. The monoisotopic (exact) mass is 296 g/mol. The van der Waals surface area contributed by atoms with Crippen molar-refractivity contribution in [2.45, 2.75) is 33.1 Å². The van der Waals surface area contributed by atoms with Crippen molar-refractivity contribution >= 4 is 45.6 Å². The summed E-state index contributed by atoms with van der Waals surface area (Å²) < 4.78 is 0.763. The molecule has 0 spiro atoms. The maximum Gasteiger partial charge on any atom is 0.224 e. The van der Waals surface area contributed by atoms with Gasteiger partial charge in [0.1, 0.15) is 4.32 Å². The van der Waals surface area contributed by atoms with Crippen LogP contribution < -0.4 is 10.6 Å². The lowest BCUT2D eigenvalue weighted by molar-refractivity contribution is -0.116. The molecule has 0 saturated heterocycles. The third-order valence-electron chi connectivity index (χ3n) is 2.31. The minimum atomic E-state index is 0.0441. The van der Waals surface area contributed by atoms with E-state index in [4.69, 9.17) is 12.2 Å². The second-order valence-corrected chi connectivity index (χ2v) is 5.91. The number of thiocarbonyl (C=S) groups is 1. The number of rotatable bonds is 6. The van der Waals surface area contributed by atoms with Crippen LogP contribution in [0, 0.1) is 0 Å². The normalized spacial score (nSPS) is 10.0. The van der Waals surface area contributed by atoms with Gasteiger partial charge in [-0.05, 0) is 36.8 Å². The van der Waals surface area contributed by atoms with E-state index in [1.807, 2.05) is 31.2 Å². The first kappa shape index (κ1) is 16.0. The summed E-state index contributed by atoms with van der Waals surface area (Å²) in [5, 5.41) is 6.04. The van der Waals surface area contributed by atoms with Gasteiger partial charge in [-0.1, -0.05) is 43.9 Å². The topological polar surface area (TPSA) is 41.1 Å². The summed E-state index contributed by atoms with van der Waals surface area (Å²) in [5.74, 6) is 1.06. The van der Waals surface area contributed by atoms with E-state index in [1.54, 1.807) is 11.8 Å². The summed E-state index contributed by atoms with van der Waals surface area (Å²) in [6, 6.07) is 7.61. The first-order chi connectivity index (χ1) is 9.15. The first-order valence-electron chi connectivity index (χ1n) is 6.49. The van der Waals surface area contributed by atoms with Crippen LogP contribution in [0.1, 0.15) is 33.1 Å². The average molecular weight is 296 g/mol. The third-order valence-corrected chi connectivity index (χ3v) is 3.74. The fourth-order valence-electron chi connectivity index (χ4n) is 1.47. The van der Waals surface area contributed by atoms with E-state index in [2.05, 4.69) is 17.6 Å². The second-order valence-electron chi connectivity index (χ2n) is 4.14. The summed E-state index contributed by atoms with van der Waals surface area (Å²) in [6.07, 6.45) is 2.49. The van der Waals surface area contributed by atoms with Crippen LogP contribution in [0.4, 0.5) is 11.4 Å². The fourth-order valence-corrected chi connectivity index (χ4v) is 2.42. The number of hydrogen-bond donors (Lipinski definition) is 2. The maximum atomic E-state index is 11.5. The third kappa shape index (κ3) is 6.59. The Morgan fingerprint density at radius 1 is 1.21 bits per heavy atom. The van der Waals surface area contributed by atoms with Gasteiger partial charge in [0.05, 0.1) is 0 Å². The van der Waals surface area contributed by atoms with Gasteiger partial charge in [-0.25, -0.2) is 0 Å². The molecule has 1 aromatic carbocycles. The fraction of sp³-hybridized carbons (Fsp3) is 0.429. The van der Waals surface area contributed by atoms with Crippen molar-refractivity contribution in [3.05, 3.63) is 24.3 Å². The minimum absolute atomic E-state index is 0.0441. The zero-order valence-corrected chi connectivity index (χ0v) is 13.0. The van der Waals surface area contributed by atoms with E-state index < -0.39 is 0 Å². The summed E-state index contributed by atoms with van der Waals surface area (Å²) in [7, 11) is 0. The molecule has 0 bridgehead atoms. The lowest BCUT2D eigenvalue weighted by atomic mass is 10.2. The number of carbonyl (C=O) groups is 1. The molecule has 0 unspecified atom stereocenters. The number of benzene rings is 1. The van der Waals surface area contributed by atoms with E-state index >= 15 is 0 Å². The number of thioether (sulfide) groups is 1. The number of nitrogens with one attached hydrogen (secondary N) is 2. The molecule has 0 radical (unpaired) electrons. The highest BCUT2D eigenvalue weighted by Crippen LogP contribution is 2.18. The molecule has 5 heteroatoms. The SMILES string of the molecule is CCCSC(=S)Nc1cccc(NC(=O)CCC)c1. The van der Waals surface area contributed by atoms with Crippen molar-refractivity contribution in [3.8, 4) is 0 Å². The standard InChI is InChI=1S/C14H20N2OS2/c1-3-6-13(17)15-11-7-5-8-12(10-11)16-14(18)19-9-4-2/h5,7-8,10H,3-4,6,9H2,1-2H3,(H,15,17)(H,16,18). The Morgan fingerprint density at radius 3 is 2.53 bits per heavy atom. The van der Waals surface area contributed by atoms with Crippen molar-refractivity contribution in [2.24, 2.45) is 0 Å². The first-order valence-corrected chi connectivity index (χ1v) is 7.88. The highest BCUT2D eigenvalue weighted by atomic mass is 32.2. The molecule has 0 aliphatic heterocycles. The minimum Gasteiger partial charge on any atom is -0.341 e. The number of anilines is 2. The molecule has 1 amide bonds. The van der Waals surface area contributed by atoms with Crippen molar-refractivity contribution in [3.63, 3.8) is 0 Å². The highest BCUT2D eigenvalue weighted by Gasteiger charge is 2.03. The predicted octanol–water partition coefficient (Wildman–Crippen LogP) is 4.27. The molecular formula is C14H20N2OS2. The molecule has 19 heavy (non-hydrogen) atoms. The second kappa shape index (κ2) is 8.93. The van der Waals surface area contributed by atoms with E-state index in [1.165, 1.54) is 0 Å². The Kier molecular flexibility index (Phi) is 7.52. The molecule has 0 aliphatic rings. The lowest BCUT2D eigenvalue weighted by Gasteiger charge is -2.09. The number of amides is 1. The van der Waals surface area contributed by atoms with E-state index in [9.17, 15) is 4.79 Å². The van der Waals surface area contributed by atoms with Gasteiger partial charge in [0.15, 0.2) is 0 Å². The van der Waals surface area contributed by atoms with Crippen LogP contribution in [0.15, 0.2) is 24.3 Å². The summed E-state index contributed by atoms with van der Waals surface area (Å²) in [5.41, 5.74) is 1.70. The molecule has 104 valence electrons. The Balaban J connectivity index is 2.56. The van der Waals surface area contributed by atoms with Gasteiger partial charge in [-0.3, -0.25) is 4.79 Å². The molecule has 1 rings (SSSR count). The molecule has 0 aliphatic carbocycles. The molecular weight excluding hydrogens is 276 g/mol. The van der Waals surface area contributed by atoms with Gasteiger partial charge in [-0.2, -0.15) is 0 Å². The predicted molar refractivity (Wildman–Crippen MR) is 88.9 cm³/mol. The Morgan fingerprint density at radius 2 is 1.89 bits per heavy atom. The number of carbonyl (C=O) groups excluding carboxylic acids is 1. The van der Waals surface area contributed by atoms with Gasteiger partial charge in [0.2, 0.25) is 5.91 Å². The van der Waals surface area contributed by atoms with Gasteiger partial charge >= 0.3 is 0 Å². The average Bonchev–Trinajstić information content (AvgIpc) is 2.37. The van der Waals surface area contributed by atoms with Crippen molar-refractivity contribution in [1.29, 1.82) is 0 Å². The van der Waals surface area contributed by atoms with Gasteiger partial charge in [-0.15, -0.1) is 0 Å². The van der Waals surface area contributed by atoms with Crippen molar-refractivity contribution in [2.75, 3.05) is 16.4 Å². The Labute approximate surface area is 124 Å². The van der Waals surface area contributed by atoms with Crippen LogP contribution in [0.2, 0.25) is 0 Å². The van der Waals surface area contributed by atoms with Crippen LogP contribution >= 0.6 is 24.0 Å². The van der Waals surface area contributed by atoms with Crippen LogP contribution in [-0.2, 0) is 4.79 Å². The molecule has 2 N–H and O–H groups in total. The Hall–Kier alpha value is -1.07. The maximum absolute atomic E-state index is 11.5. The number of hydrogen-bond acceptors (Lipinski definition) is 3. The zero-order valence-electron chi connectivity index (χ0n) is 11.4. The quantitative estimate of drug-likeness (QED) is 0.769. The summed E-state index contributed by atoms with van der Waals surface area (Å²) in [6.45, 7) is 4.11. The van der Waals surface area contributed by atoms with E-state index in [-0.39, 0.29) is 5.91 Å². The van der Waals surface area contributed by atoms with Crippen LogP contribution in [0.3, 0.4) is 0 Å². The molecule has 1 aromatic rings. The molecule has 3 nitrogen and oxygen atoms in total. The molecule has 0 atom stereocenters. The van der Waals surface area contributed by atoms with Crippen LogP contribution in [0.5, 0.6) is 0 Å². The van der Waals surface area contributed by atoms with Gasteiger partial charge in [0.25, 0.3) is 0 Å². The summed E-state index contributed by atoms with van der Waals surface area (Å²) in [4.78, 5) is 11.5. The van der Waals surface area contributed by atoms with Crippen molar-refractivity contribution in [1.82, 2.24) is 0 Å². The zero-order chi connectivity index (χ0) is 14.1. The van der Waals surface area contributed by atoms with E-state index in [0.29, 0.717) is 6.42 Å². The molecule has 0 heterocycles. The van der Waals surface area contributed by atoms with Crippen LogP contribution in [0.25, 0.3) is 0 Å². The van der Waals surface area contributed by atoms with E-state index in [0.717, 1.165) is 34.3 Å². The van der Waals surface area contributed by atoms with Gasteiger partial charge in [0, 0.05) is 17.8 Å². The molecule has 0 fully saturated rings. The lowest BCUT2D eigenvalue weighted by Crippen LogP contribution is -2.11. The molecule has 0 aromatic heterocycles. The van der Waals surface area contributed by atoms with Crippen molar-refractivity contribution < 1.29 is 4.79 Å². The van der Waals surface area contributed by atoms with Crippen LogP contribution in [-0.4, -0.2) is 16.0 Å². The largest absolute Gasteiger partial charge is 0.341 e. The smallest absolute Gasteiger partial charge is 0.224 e. The molecule has 0 saturated carbocycles.